The molecule has 3 atom stereocenters. The lowest BCUT2D eigenvalue weighted by molar-refractivity contribution is -0.169. The minimum Gasteiger partial charge on any atom is -0.343 e. The Morgan fingerprint density at radius 3 is 2.49 bits per heavy atom. The number of aromatic nitrogens is 1. The minimum absolute atomic E-state index is 0.0283. The van der Waals surface area contributed by atoms with Gasteiger partial charge in [-0.1, -0.05) is 29.3 Å². The molecule has 0 radical (unpaired) electrons. The third-order valence-corrected chi connectivity index (χ3v) is 9.93. The van der Waals surface area contributed by atoms with Gasteiger partial charge in [0.15, 0.2) is 0 Å². The summed E-state index contributed by atoms with van der Waals surface area (Å²) in [5, 5.41) is 2.95. The fraction of sp³-hybridized carbons (Fsp3) is 0.462. The number of piperazine rings is 1. The fourth-order valence-corrected chi connectivity index (χ4v) is 7.50. The molecule has 2 aromatic rings. The van der Waals surface area contributed by atoms with Gasteiger partial charge in [0.1, 0.15) is 23.1 Å². The highest BCUT2D eigenvalue weighted by atomic mass is 35.5. The standard InChI is InChI=1S/C26H29Cl2N5O5S/c1-15(2)31-14-23-32(39(37,38)22-8-7-18(27)11-19(22)28)13-20(30-24(34)17-5-6-17)25(35)33(23)21(26(31)36)10-16-4-3-9-29-12-16/h3-4,7-9,11-12,15,17,20-21,23H,5-6,10,13-14H2,1-2H3,(H,30,34). The van der Waals surface area contributed by atoms with E-state index in [4.69, 9.17) is 23.2 Å². The Kier molecular flexibility index (Phi) is 7.62. The molecule has 3 heterocycles. The lowest BCUT2D eigenvalue weighted by atomic mass is 9.97. The Labute approximate surface area is 237 Å². The van der Waals surface area contributed by atoms with Crippen LogP contribution in [0, 0.1) is 5.92 Å². The summed E-state index contributed by atoms with van der Waals surface area (Å²) >= 11 is 12.4. The zero-order chi connectivity index (χ0) is 28.1. The lowest BCUT2D eigenvalue weighted by Crippen LogP contribution is -2.76. The van der Waals surface area contributed by atoms with Crippen LogP contribution < -0.4 is 5.32 Å². The number of hydrogen-bond donors (Lipinski definition) is 1. The molecule has 1 aromatic carbocycles. The third-order valence-electron chi connectivity index (χ3n) is 7.35. The highest BCUT2D eigenvalue weighted by molar-refractivity contribution is 7.89. The molecule has 39 heavy (non-hydrogen) atoms. The number of nitrogens with one attached hydrogen (secondary N) is 1. The zero-order valence-electron chi connectivity index (χ0n) is 21.5. The number of nitrogens with zero attached hydrogens (tertiary/aromatic N) is 4. The lowest BCUT2D eigenvalue weighted by Gasteiger charge is -2.54. The maximum atomic E-state index is 14.1. The Bertz CT molecular complexity index is 1400. The van der Waals surface area contributed by atoms with E-state index in [-0.39, 0.29) is 58.2 Å². The first-order valence-corrected chi connectivity index (χ1v) is 15.0. The number of benzene rings is 1. The smallest absolute Gasteiger partial charge is 0.248 e. The molecule has 1 saturated carbocycles. The highest BCUT2D eigenvalue weighted by Crippen LogP contribution is 2.35. The fourth-order valence-electron chi connectivity index (χ4n) is 5.17. The molecule has 1 aliphatic carbocycles. The normalized spacial score (nSPS) is 24.2. The van der Waals surface area contributed by atoms with Gasteiger partial charge in [-0.2, -0.15) is 4.31 Å². The van der Waals surface area contributed by atoms with Crippen molar-refractivity contribution in [2.75, 3.05) is 13.1 Å². The number of fused-ring (bicyclic) bond motifs is 1. The summed E-state index contributed by atoms with van der Waals surface area (Å²) in [5.74, 6) is -1.29. The van der Waals surface area contributed by atoms with E-state index in [9.17, 15) is 22.8 Å². The number of pyridine rings is 1. The van der Waals surface area contributed by atoms with E-state index >= 15 is 0 Å². The van der Waals surface area contributed by atoms with Crippen molar-refractivity contribution in [3.05, 3.63) is 58.3 Å². The number of carbonyl (C=O) groups excluding carboxylic acids is 3. The van der Waals surface area contributed by atoms with Crippen LogP contribution >= 0.6 is 23.2 Å². The predicted octanol–water partition coefficient (Wildman–Crippen LogP) is 2.30. The summed E-state index contributed by atoms with van der Waals surface area (Å²) in [7, 11) is -4.29. The van der Waals surface area contributed by atoms with E-state index in [2.05, 4.69) is 10.3 Å². The van der Waals surface area contributed by atoms with Crippen molar-refractivity contribution in [3.63, 3.8) is 0 Å². The third kappa shape index (κ3) is 5.37. The van der Waals surface area contributed by atoms with Crippen LogP contribution in [0.15, 0.2) is 47.6 Å². The second-order valence-electron chi connectivity index (χ2n) is 10.4. The van der Waals surface area contributed by atoms with Crippen LogP contribution in [-0.2, 0) is 30.8 Å². The van der Waals surface area contributed by atoms with Gasteiger partial charge in [0.05, 0.1) is 11.6 Å². The van der Waals surface area contributed by atoms with Gasteiger partial charge in [-0.25, -0.2) is 8.42 Å². The number of hydrogen-bond acceptors (Lipinski definition) is 6. The molecule has 3 aliphatic rings. The van der Waals surface area contributed by atoms with Gasteiger partial charge in [0, 0.05) is 42.3 Å². The molecule has 10 nitrogen and oxygen atoms in total. The van der Waals surface area contributed by atoms with Crippen LogP contribution in [0.25, 0.3) is 0 Å². The number of rotatable bonds is 7. The van der Waals surface area contributed by atoms with Crippen molar-refractivity contribution in [2.24, 2.45) is 5.92 Å². The molecule has 3 fully saturated rings. The molecule has 0 bridgehead atoms. The number of sulfonamides is 1. The van der Waals surface area contributed by atoms with Crippen LogP contribution in [0.2, 0.25) is 10.0 Å². The molecule has 2 aliphatic heterocycles. The van der Waals surface area contributed by atoms with E-state index < -0.39 is 34.2 Å². The van der Waals surface area contributed by atoms with Crippen molar-refractivity contribution in [1.82, 2.24) is 24.4 Å². The first kappa shape index (κ1) is 27.8. The number of halogens is 2. The molecule has 2 saturated heterocycles. The molecule has 3 unspecified atom stereocenters. The van der Waals surface area contributed by atoms with Gasteiger partial charge in [-0.3, -0.25) is 19.4 Å². The Balaban J connectivity index is 1.60. The van der Waals surface area contributed by atoms with Gasteiger partial charge in [-0.15, -0.1) is 0 Å². The first-order chi connectivity index (χ1) is 18.5. The van der Waals surface area contributed by atoms with Crippen molar-refractivity contribution in [3.8, 4) is 0 Å². The Morgan fingerprint density at radius 1 is 1.13 bits per heavy atom. The van der Waals surface area contributed by atoms with Gasteiger partial charge in [-0.05, 0) is 56.5 Å². The zero-order valence-corrected chi connectivity index (χ0v) is 23.8. The second kappa shape index (κ2) is 10.7. The van der Waals surface area contributed by atoms with Crippen molar-refractivity contribution >= 4 is 50.9 Å². The van der Waals surface area contributed by atoms with Crippen LogP contribution in [0.3, 0.4) is 0 Å². The molecular weight excluding hydrogens is 565 g/mol. The quantitative estimate of drug-likeness (QED) is 0.526. The van der Waals surface area contributed by atoms with Crippen LogP contribution in [0.4, 0.5) is 0 Å². The van der Waals surface area contributed by atoms with Crippen molar-refractivity contribution in [1.29, 1.82) is 0 Å². The second-order valence-corrected chi connectivity index (χ2v) is 13.1. The van der Waals surface area contributed by atoms with Gasteiger partial charge in [0.2, 0.25) is 27.7 Å². The SMILES string of the molecule is CC(C)N1CC2N(C(=O)C(NC(=O)C3CC3)CN2S(=O)(=O)c2ccc(Cl)cc2Cl)C(Cc2cccnc2)C1=O. The summed E-state index contributed by atoms with van der Waals surface area (Å²) in [6.07, 6.45) is 3.77. The maximum Gasteiger partial charge on any atom is 0.248 e. The Hall–Kier alpha value is -2.73. The van der Waals surface area contributed by atoms with Crippen molar-refractivity contribution in [2.45, 2.75) is 62.3 Å². The van der Waals surface area contributed by atoms with E-state index in [1.54, 1.807) is 29.4 Å². The van der Waals surface area contributed by atoms with E-state index in [0.717, 1.165) is 0 Å². The average Bonchev–Trinajstić information content (AvgIpc) is 3.73. The summed E-state index contributed by atoms with van der Waals surface area (Å²) < 4.78 is 29.4. The average molecular weight is 595 g/mol. The van der Waals surface area contributed by atoms with Gasteiger partial charge < -0.3 is 15.1 Å². The predicted molar refractivity (Wildman–Crippen MR) is 144 cm³/mol. The van der Waals surface area contributed by atoms with Gasteiger partial charge >= 0.3 is 0 Å². The largest absolute Gasteiger partial charge is 0.343 e. The van der Waals surface area contributed by atoms with E-state index in [0.29, 0.717) is 18.4 Å². The van der Waals surface area contributed by atoms with Gasteiger partial charge in [0.25, 0.3) is 0 Å². The number of amides is 3. The molecule has 1 N–H and O–H groups in total. The summed E-state index contributed by atoms with van der Waals surface area (Å²) in [6, 6.07) is 5.21. The van der Waals surface area contributed by atoms with Crippen molar-refractivity contribution < 1.29 is 22.8 Å². The monoisotopic (exact) mass is 593 g/mol. The van der Waals surface area contributed by atoms with Crippen LogP contribution in [0.5, 0.6) is 0 Å². The molecule has 5 rings (SSSR count). The summed E-state index contributed by atoms with van der Waals surface area (Å²) in [4.78, 5) is 47.3. The minimum atomic E-state index is -4.29. The highest BCUT2D eigenvalue weighted by Gasteiger charge is 2.54. The van der Waals surface area contributed by atoms with Crippen LogP contribution in [0.1, 0.15) is 32.3 Å². The summed E-state index contributed by atoms with van der Waals surface area (Å²) in [6.45, 7) is 3.36. The molecular formula is C26H29Cl2N5O5S. The van der Waals surface area contributed by atoms with E-state index in [1.165, 1.54) is 27.4 Å². The molecule has 0 spiro atoms. The molecule has 3 amide bonds. The first-order valence-electron chi connectivity index (χ1n) is 12.8. The molecule has 208 valence electrons. The van der Waals surface area contributed by atoms with E-state index in [1.807, 2.05) is 13.8 Å². The maximum absolute atomic E-state index is 14.1. The topological polar surface area (TPSA) is 120 Å². The number of carbonyl (C=O) groups is 3. The molecule has 1 aromatic heterocycles. The summed E-state index contributed by atoms with van der Waals surface area (Å²) in [5.41, 5.74) is 0.715. The Morgan fingerprint density at radius 2 is 1.87 bits per heavy atom. The van der Waals surface area contributed by atoms with Crippen LogP contribution in [-0.4, -0.2) is 82.6 Å². The molecule has 13 heteroatoms.